The first-order chi connectivity index (χ1) is 23.8. The molecule has 0 N–H and O–H groups in total. The van der Waals surface area contributed by atoms with Crippen LogP contribution in [0.15, 0.2) is 204 Å². The van der Waals surface area contributed by atoms with Crippen molar-refractivity contribution >= 4 is 46.6 Å². The zero-order chi connectivity index (χ0) is 32.4. The van der Waals surface area contributed by atoms with Crippen molar-refractivity contribution in [2.45, 2.75) is 0 Å². The van der Waals surface area contributed by atoms with E-state index in [2.05, 4.69) is 190 Å². The predicted molar refractivity (Wildman–Crippen MR) is 203 cm³/mol. The number of hydrogen-bond donors (Lipinski definition) is 0. The second-order valence-corrected chi connectivity index (χ2v) is 11.3. The van der Waals surface area contributed by atoms with Crippen LogP contribution in [0.1, 0.15) is 11.1 Å². The second-order valence-electron chi connectivity index (χ2n) is 11.3. The van der Waals surface area contributed by atoms with Crippen LogP contribution in [-0.4, -0.2) is 12.4 Å². The molecule has 0 atom stereocenters. The molecule has 0 amide bonds. The first-order valence-electron chi connectivity index (χ1n) is 16.0. The molecule has 0 saturated heterocycles. The highest BCUT2D eigenvalue weighted by Crippen LogP contribution is 2.36. The van der Waals surface area contributed by atoms with E-state index in [0.717, 1.165) is 56.4 Å². The molecule has 0 bridgehead atoms. The number of para-hydroxylation sites is 4. The molecule has 4 nitrogen and oxygen atoms in total. The zero-order valence-corrected chi connectivity index (χ0v) is 26.4. The van der Waals surface area contributed by atoms with E-state index < -0.39 is 0 Å². The van der Waals surface area contributed by atoms with Crippen molar-refractivity contribution in [3.05, 3.63) is 205 Å². The molecule has 7 aromatic carbocycles. The lowest BCUT2D eigenvalue weighted by molar-refractivity contribution is 1.26. The highest BCUT2D eigenvalue weighted by atomic mass is 15.2. The largest absolute Gasteiger partial charge is 0.311 e. The quantitative estimate of drug-likeness (QED) is 0.113. The average molecular weight is 619 g/mol. The summed E-state index contributed by atoms with van der Waals surface area (Å²) in [4.78, 5) is 4.50. The summed E-state index contributed by atoms with van der Waals surface area (Å²) in [6.07, 6.45) is 3.56. The summed E-state index contributed by atoms with van der Waals surface area (Å²) in [5.74, 6) is 0. The number of nitrogens with zero attached hydrogens (tertiary/aromatic N) is 4. The Kier molecular flexibility index (Phi) is 9.24. The van der Waals surface area contributed by atoms with Gasteiger partial charge in [-0.25, -0.2) is 0 Å². The minimum atomic E-state index is 0.980. The maximum Gasteiger partial charge on any atom is 0.0568 e. The molecular weight excluding hydrogens is 585 g/mol. The van der Waals surface area contributed by atoms with Gasteiger partial charge in [0.25, 0.3) is 0 Å². The van der Waals surface area contributed by atoms with Gasteiger partial charge in [0.15, 0.2) is 0 Å². The summed E-state index contributed by atoms with van der Waals surface area (Å²) in [6.45, 7) is 0. The lowest BCUT2D eigenvalue weighted by Gasteiger charge is -2.25. The predicted octanol–water partition coefficient (Wildman–Crippen LogP) is 11.7. The summed E-state index contributed by atoms with van der Waals surface area (Å²) in [6, 6.07) is 67.1. The summed E-state index contributed by atoms with van der Waals surface area (Å²) in [5.41, 5.74) is 10.9. The third-order valence-corrected chi connectivity index (χ3v) is 8.06. The van der Waals surface area contributed by atoms with Gasteiger partial charge in [0.2, 0.25) is 0 Å². The van der Waals surface area contributed by atoms with Crippen LogP contribution in [0.2, 0.25) is 0 Å². The van der Waals surface area contributed by atoms with Crippen molar-refractivity contribution in [2.24, 2.45) is 10.2 Å². The van der Waals surface area contributed by atoms with Gasteiger partial charge in [0.1, 0.15) is 0 Å². The highest BCUT2D eigenvalue weighted by molar-refractivity contribution is 5.85. The Labute approximate surface area is 282 Å². The summed E-state index contributed by atoms with van der Waals surface area (Å²) in [7, 11) is 0. The molecule has 7 aromatic rings. The van der Waals surface area contributed by atoms with Crippen LogP contribution in [0.5, 0.6) is 0 Å². The third-order valence-electron chi connectivity index (χ3n) is 8.06. The van der Waals surface area contributed by atoms with Crippen LogP contribution in [0, 0.1) is 0 Å². The molecule has 0 aliphatic rings. The molecule has 0 aliphatic carbocycles. The summed E-state index contributed by atoms with van der Waals surface area (Å²) < 4.78 is 0. The Morgan fingerprint density at radius 2 is 0.521 bits per heavy atom. The Balaban J connectivity index is 1.01. The van der Waals surface area contributed by atoms with E-state index in [1.54, 1.807) is 12.4 Å². The normalized spacial score (nSPS) is 11.2. The Morgan fingerprint density at radius 3 is 0.854 bits per heavy atom. The second kappa shape index (κ2) is 14.7. The van der Waals surface area contributed by atoms with E-state index in [0.29, 0.717) is 0 Å². The molecule has 0 spiro atoms. The van der Waals surface area contributed by atoms with E-state index in [1.807, 2.05) is 24.3 Å². The smallest absolute Gasteiger partial charge is 0.0568 e. The van der Waals surface area contributed by atoms with Crippen LogP contribution in [0.25, 0.3) is 11.1 Å². The summed E-state index contributed by atoms with van der Waals surface area (Å²) >= 11 is 0. The number of benzene rings is 7. The van der Waals surface area contributed by atoms with Crippen LogP contribution in [0.4, 0.5) is 34.1 Å². The SMILES string of the molecule is C(=N\N=C\c1ccc(N(c2ccccc2)c2ccccc2)cc1)/c1ccc(-c2ccc(N(c3ccccc3)c3ccccc3)cc2)cc1. The lowest BCUT2D eigenvalue weighted by Crippen LogP contribution is -2.09. The van der Waals surface area contributed by atoms with Gasteiger partial charge in [-0.2, -0.15) is 10.2 Å². The fourth-order valence-corrected chi connectivity index (χ4v) is 5.68. The van der Waals surface area contributed by atoms with E-state index in [9.17, 15) is 0 Å². The van der Waals surface area contributed by atoms with Gasteiger partial charge in [-0.3, -0.25) is 0 Å². The van der Waals surface area contributed by atoms with Gasteiger partial charge in [0.05, 0.1) is 12.4 Å². The monoisotopic (exact) mass is 618 g/mol. The van der Waals surface area contributed by atoms with Crippen LogP contribution in [-0.2, 0) is 0 Å². The molecule has 0 unspecified atom stereocenters. The zero-order valence-electron chi connectivity index (χ0n) is 26.4. The van der Waals surface area contributed by atoms with E-state index in [-0.39, 0.29) is 0 Å². The minimum Gasteiger partial charge on any atom is -0.311 e. The van der Waals surface area contributed by atoms with Crippen molar-refractivity contribution in [3.8, 4) is 11.1 Å². The first-order valence-corrected chi connectivity index (χ1v) is 16.0. The van der Waals surface area contributed by atoms with Crippen molar-refractivity contribution in [2.75, 3.05) is 9.80 Å². The molecule has 0 fully saturated rings. The van der Waals surface area contributed by atoms with Crippen molar-refractivity contribution in [3.63, 3.8) is 0 Å². The Morgan fingerprint density at radius 1 is 0.271 bits per heavy atom. The molecule has 7 rings (SSSR count). The van der Waals surface area contributed by atoms with Crippen LogP contribution in [0.3, 0.4) is 0 Å². The van der Waals surface area contributed by atoms with Gasteiger partial charge in [-0.05, 0) is 95.1 Å². The average Bonchev–Trinajstić information content (AvgIpc) is 3.17. The van der Waals surface area contributed by atoms with Crippen LogP contribution < -0.4 is 9.80 Å². The number of anilines is 6. The lowest BCUT2D eigenvalue weighted by atomic mass is 10.0. The fraction of sp³-hybridized carbons (Fsp3) is 0. The molecule has 0 aromatic heterocycles. The van der Waals surface area contributed by atoms with Crippen molar-refractivity contribution in [1.29, 1.82) is 0 Å². The van der Waals surface area contributed by atoms with Crippen molar-refractivity contribution < 1.29 is 0 Å². The molecule has 48 heavy (non-hydrogen) atoms. The van der Waals surface area contributed by atoms with E-state index in [4.69, 9.17) is 0 Å². The molecule has 230 valence electrons. The third kappa shape index (κ3) is 7.14. The molecule has 4 heteroatoms. The highest BCUT2D eigenvalue weighted by Gasteiger charge is 2.13. The number of hydrogen-bond acceptors (Lipinski definition) is 4. The standard InChI is InChI=1S/C44H34N4/c1-5-13-39(14-6-1)47(40-15-7-2-8-16-40)43-29-23-36(24-30-43)34-46-45-33-35-21-25-37(26-22-35)38-27-31-44(32-28-38)48(41-17-9-3-10-18-41)42-19-11-4-12-20-42/h1-34H/b45-33+,46-34+. The van der Waals surface area contributed by atoms with Crippen molar-refractivity contribution in [1.82, 2.24) is 0 Å². The Hall–Kier alpha value is -6.52. The minimum absolute atomic E-state index is 0.980. The molecule has 0 saturated carbocycles. The van der Waals surface area contributed by atoms with Gasteiger partial charge in [-0.15, -0.1) is 0 Å². The number of rotatable bonds is 10. The maximum atomic E-state index is 4.31. The molecule has 0 radical (unpaired) electrons. The molecular formula is C44H34N4. The van der Waals surface area contributed by atoms with E-state index >= 15 is 0 Å². The fourth-order valence-electron chi connectivity index (χ4n) is 5.68. The summed E-state index contributed by atoms with van der Waals surface area (Å²) in [5, 5.41) is 8.62. The van der Waals surface area contributed by atoms with Gasteiger partial charge >= 0.3 is 0 Å². The Bertz CT molecular complexity index is 2000. The van der Waals surface area contributed by atoms with Crippen LogP contribution >= 0.6 is 0 Å². The van der Waals surface area contributed by atoms with E-state index in [1.165, 1.54) is 0 Å². The van der Waals surface area contributed by atoms with Gasteiger partial charge in [-0.1, -0.05) is 121 Å². The molecule has 0 aliphatic heterocycles. The van der Waals surface area contributed by atoms with Gasteiger partial charge < -0.3 is 9.80 Å². The van der Waals surface area contributed by atoms with Gasteiger partial charge in [0, 0.05) is 34.1 Å². The molecule has 0 heterocycles. The maximum absolute atomic E-state index is 4.31. The first kappa shape index (κ1) is 30.2. The topological polar surface area (TPSA) is 31.2 Å².